The number of ketones is 1. The van der Waals surface area contributed by atoms with Crippen molar-refractivity contribution in [2.45, 2.75) is 26.4 Å². The molecule has 0 saturated carbocycles. The van der Waals surface area contributed by atoms with Crippen molar-refractivity contribution < 1.29 is 9.53 Å². The molecule has 2 aromatic carbocycles. The SMILES string of the molecule is CCC(=O)Cn1c(=O)nc(Nc2ccc(Oc3nccs3)cc2)n(Cc2ccc(Cl)cc2)c1=O. The van der Waals surface area contributed by atoms with Gasteiger partial charge in [0, 0.05) is 28.7 Å². The van der Waals surface area contributed by atoms with Gasteiger partial charge in [0.2, 0.25) is 5.95 Å². The van der Waals surface area contributed by atoms with Gasteiger partial charge in [0.05, 0.1) is 13.1 Å². The van der Waals surface area contributed by atoms with Gasteiger partial charge in [-0.05, 0) is 42.0 Å². The maximum Gasteiger partial charge on any atom is 0.355 e. The Kier molecular flexibility index (Phi) is 7.19. The van der Waals surface area contributed by atoms with Gasteiger partial charge >= 0.3 is 11.4 Å². The molecule has 11 heteroatoms. The maximum atomic E-state index is 13.2. The standard InChI is InChI=1S/C23H20ClN5O4S/c1-2-18(30)14-29-21(31)27-20(28(23(29)32)13-15-3-5-16(24)6-4-15)26-17-7-9-19(10-8-17)33-22-25-11-12-34-22/h3-12H,2,13-14H2,1H3,(H,26,27,31). The molecule has 0 atom stereocenters. The minimum absolute atomic E-state index is 0.0544. The second-order valence-electron chi connectivity index (χ2n) is 7.24. The summed E-state index contributed by atoms with van der Waals surface area (Å²) in [5, 5.41) is 5.92. The minimum atomic E-state index is -0.801. The van der Waals surface area contributed by atoms with Crippen LogP contribution in [0.5, 0.6) is 10.9 Å². The fraction of sp³-hybridized carbons (Fsp3) is 0.174. The smallest absolute Gasteiger partial charge is 0.355 e. The molecule has 174 valence electrons. The Morgan fingerprint density at radius 2 is 1.82 bits per heavy atom. The van der Waals surface area contributed by atoms with Crippen LogP contribution in [0.1, 0.15) is 18.9 Å². The van der Waals surface area contributed by atoms with Crippen LogP contribution < -0.4 is 21.4 Å². The average Bonchev–Trinajstić information content (AvgIpc) is 3.34. The lowest BCUT2D eigenvalue weighted by atomic mass is 10.2. The number of benzene rings is 2. The van der Waals surface area contributed by atoms with Gasteiger partial charge in [-0.2, -0.15) is 4.98 Å². The first-order valence-electron chi connectivity index (χ1n) is 10.3. The molecule has 0 amide bonds. The number of nitrogens with one attached hydrogen (secondary N) is 1. The van der Waals surface area contributed by atoms with Crippen LogP contribution in [-0.2, 0) is 17.9 Å². The number of aromatic nitrogens is 4. The van der Waals surface area contributed by atoms with Crippen LogP contribution in [0.25, 0.3) is 0 Å². The summed E-state index contributed by atoms with van der Waals surface area (Å²) in [5.41, 5.74) is -0.0751. The summed E-state index contributed by atoms with van der Waals surface area (Å²) in [6.45, 7) is 1.47. The van der Waals surface area contributed by atoms with Crippen molar-refractivity contribution in [2.75, 3.05) is 5.32 Å². The number of rotatable bonds is 9. The van der Waals surface area contributed by atoms with Gasteiger partial charge in [-0.25, -0.2) is 19.1 Å². The molecule has 0 unspecified atom stereocenters. The summed E-state index contributed by atoms with van der Waals surface area (Å²) in [7, 11) is 0. The molecule has 0 aliphatic rings. The molecule has 0 aliphatic heterocycles. The van der Waals surface area contributed by atoms with Crippen LogP contribution >= 0.6 is 22.9 Å². The Labute approximate surface area is 203 Å². The fourth-order valence-corrected chi connectivity index (χ4v) is 3.69. The zero-order valence-electron chi connectivity index (χ0n) is 18.1. The van der Waals surface area contributed by atoms with E-state index in [1.54, 1.807) is 61.7 Å². The Hall–Kier alpha value is -3.76. The number of anilines is 2. The second-order valence-corrected chi connectivity index (χ2v) is 8.53. The Morgan fingerprint density at radius 1 is 1.09 bits per heavy atom. The highest BCUT2D eigenvalue weighted by atomic mass is 35.5. The number of thiazole rings is 1. The van der Waals surface area contributed by atoms with Crippen molar-refractivity contribution in [1.82, 2.24) is 19.1 Å². The molecular formula is C23H20ClN5O4S. The molecular weight excluding hydrogens is 478 g/mol. The van der Waals surface area contributed by atoms with E-state index in [1.165, 1.54) is 15.9 Å². The zero-order valence-corrected chi connectivity index (χ0v) is 19.7. The van der Waals surface area contributed by atoms with Crippen molar-refractivity contribution in [3.63, 3.8) is 0 Å². The molecule has 9 nitrogen and oxygen atoms in total. The molecule has 0 aliphatic carbocycles. The largest absolute Gasteiger partial charge is 0.431 e. The molecule has 4 aromatic rings. The first kappa shape index (κ1) is 23.4. The van der Waals surface area contributed by atoms with E-state index >= 15 is 0 Å². The number of Topliss-reactive ketones (excluding diaryl/α,β-unsaturated/α-hetero) is 1. The van der Waals surface area contributed by atoms with Gasteiger partial charge in [0.1, 0.15) is 5.75 Å². The lowest BCUT2D eigenvalue weighted by molar-refractivity contribution is -0.119. The van der Waals surface area contributed by atoms with E-state index in [2.05, 4.69) is 15.3 Å². The number of halogens is 1. The van der Waals surface area contributed by atoms with E-state index in [0.717, 1.165) is 10.1 Å². The highest BCUT2D eigenvalue weighted by molar-refractivity contribution is 7.11. The van der Waals surface area contributed by atoms with Crippen molar-refractivity contribution >= 4 is 40.4 Å². The monoisotopic (exact) mass is 497 g/mol. The third-order valence-electron chi connectivity index (χ3n) is 4.86. The van der Waals surface area contributed by atoms with E-state index in [-0.39, 0.29) is 31.2 Å². The minimum Gasteiger partial charge on any atom is -0.431 e. The van der Waals surface area contributed by atoms with Crippen LogP contribution in [-0.4, -0.2) is 24.9 Å². The summed E-state index contributed by atoms with van der Waals surface area (Å²) in [5.74, 6) is 0.398. The molecule has 34 heavy (non-hydrogen) atoms. The van der Waals surface area contributed by atoms with Gasteiger partial charge in [0.15, 0.2) is 5.78 Å². The summed E-state index contributed by atoms with van der Waals surface area (Å²) in [6, 6.07) is 13.9. The normalized spacial score (nSPS) is 10.8. The second kappa shape index (κ2) is 10.4. The fourth-order valence-electron chi connectivity index (χ4n) is 3.06. The molecule has 4 rings (SSSR count). The summed E-state index contributed by atoms with van der Waals surface area (Å²) < 4.78 is 7.81. The number of carbonyl (C=O) groups excluding carboxylic acids is 1. The first-order chi connectivity index (χ1) is 16.4. The van der Waals surface area contributed by atoms with Crippen LogP contribution in [0.4, 0.5) is 11.6 Å². The van der Waals surface area contributed by atoms with Gasteiger partial charge in [-0.3, -0.25) is 9.36 Å². The number of hydrogen-bond donors (Lipinski definition) is 1. The summed E-state index contributed by atoms with van der Waals surface area (Å²) >= 11 is 7.34. The highest BCUT2D eigenvalue weighted by Gasteiger charge is 2.16. The quantitative estimate of drug-likeness (QED) is 0.371. The number of ether oxygens (including phenoxy) is 1. The van der Waals surface area contributed by atoms with Crippen LogP contribution in [0.2, 0.25) is 5.02 Å². The van der Waals surface area contributed by atoms with E-state index in [1.807, 2.05) is 5.38 Å². The Morgan fingerprint density at radius 3 is 2.47 bits per heavy atom. The van der Waals surface area contributed by atoms with Crippen molar-refractivity contribution in [1.29, 1.82) is 0 Å². The zero-order chi connectivity index (χ0) is 24.1. The van der Waals surface area contributed by atoms with Gasteiger partial charge < -0.3 is 10.1 Å². The first-order valence-corrected chi connectivity index (χ1v) is 11.6. The molecule has 0 fully saturated rings. The molecule has 0 saturated heterocycles. The molecule has 0 spiro atoms. The van der Waals surface area contributed by atoms with Crippen LogP contribution in [0.15, 0.2) is 69.7 Å². The molecule has 0 bridgehead atoms. The lowest BCUT2D eigenvalue weighted by Crippen LogP contribution is -2.44. The van der Waals surface area contributed by atoms with Crippen molar-refractivity contribution in [3.05, 3.63) is 91.7 Å². The highest BCUT2D eigenvalue weighted by Crippen LogP contribution is 2.25. The predicted molar refractivity (Wildman–Crippen MR) is 131 cm³/mol. The summed E-state index contributed by atoms with van der Waals surface area (Å²) in [6.07, 6.45) is 1.86. The molecule has 2 aromatic heterocycles. The molecule has 1 N–H and O–H groups in total. The van der Waals surface area contributed by atoms with Crippen molar-refractivity contribution in [2.24, 2.45) is 0 Å². The van der Waals surface area contributed by atoms with E-state index in [9.17, 15) is 14.4 Å². The predicted octanol–water partition coefficient (Wildman–Crippen LogP) is 4.08. The average molecular weight is 498 g/mol. The van der Waals surface area contributed by atoms with Gasteiger partial charge in [-0.1, -0.05) is 42.0 Å². The third kappa shape index (κ3) is 5.59. The van der Waals surface area contributed by atoms with E-state index in [4.69, 9.17) is 16.3 Å². The van der Waals surface area contributed by atoms with Crippen molar-refractivity contribution in [3.8, 4) is 10.9 Å². The Balaban J connectivity index is 1.67. The van der Waals surface area contributed by atoms with E-state index in [0.29, 0.717) is 21.7 Å². The van der Waals surface area contributed by atoms with E-state index < -0.39 is 11.4 Å². The lowest BCUT2D eigenvalue weighted by Gasteiger charge is -2.15. The Bertz CT molecular complexity index is 1400. The van der Waals surface area contributed by atoms with Crippen LogP contribution in [0.3, 0.4) is 0 Å². The number of nitrogens with zero attached hydrogens (tertiary/aromatic N) is 4. The van der Waals surface area contributed by atoms with Gasteiger partial charge in [-0.15, -0.1) is 0 Å². The third-order valence-corrected chi connectivity index (χ3v) is 5.76. The number of hydrogen-bond acceptors (Lipinski definition) is 8. The molecule has 2 heterocycles. The van der Waals surface area contributed by atoms with Gasteiger partial charge in [0.25, 0.3) is 5.19 Å². The number of carbonyl (C=O) groups is 1. The maximum absolute atomic E-state index is 13.2. The van der Waals surface area contributed by atoms with Crippen LogP contribution in [0, 0.1) is 0 Å². The molecule has 0 radical (unpaired) electrons. The topological polar surface area (TPSA) is 108 Å². The summed E-state index contributed by atoms with van der Waals surface area (Å²) in [4.78, 5) is 45.8.